The first kappa shape index (κ1) is 25.7. The van der Waals surface area contributed by atoms with Gasteiger partial charge in [-0.1, -0.05) is 30.4 Å². The van der Waals surface area contributed by atoms with Crippen molar-refractivity contribution in [3.63, 3.8) is 0 Å². The third-order valence-corrected chi connectivity index (χ3v) is 7.60. The third-order valence-electron chi connectivity index (χ3n) is 7.60. The molecular formula is C28H32N6O4. The first-order valence-corrected chi connectivity index (χ1v) is 12.8. The average Bonchev–Trinajstić information content (AvgIpc) is 3.60. The van der Waals surface area contributed by atoms with Crippen LogP contribution in [0.15, 0.2) is 48.8 Å². The van der Waals surface area contributed by atoms with E-state index in [4.69, 9.17) is 10.7 Å². The van der Waals surface area contributed by atoms with Gasteiger partial charge in [0.1, 0.15) is 5.82 Å². The summed E-state index contributed by atoms with van der Waals surface area (Å²) in [6.07, 6.45) is 13.3. The van der Waals surface area contributed by atoms with Gasteiger partial charge in [0.2, 0.25) is 5.91 Å². The zero-order valence-electron chi connectivity index (χ0n) is 21.5. The van der Waals surface area contributed by atoms with Crippen LogP contribution in [0.25, 0.3) is 16.8 Å². The van der Waals surface area contributed by atoms with Gasteiger partial charge in [-0.15, -0.1) is 0 Å². The monoisotopic (exact) mass is 516 g/mol. The van der Waals surface area contributed by atoms with E-state index in [0.717, 1.165) is 23.2 Å². The van der Waals surface area contributed by atoms with Crippen molar-refractivity contribution in [2.45, 2.75) is 38.5 Å². The van der Waals surface area contributed by atoms with E-state index in [1.807, 2.05) is 24.3 Å². The Kier molecular flexibility index (Phi) is 6.85. The van der Waals surface area contributed by atoms with Crippen molar-refractivity contribution in [1.82, 2.24) is 24.5 Å². The molecule has 1 saturated heterocycles. The zero-order chi connectivity index (χ0) is 27.0. The molecule has 4 N–H and O–H groups in total. The number of aromatic nitrogens is 4. The Hall–Kier alpha value is -3.89. The van der Waals surface area contributed by atoms with Crippen molar-refractivity contribution in [1.29, 1.82) is 0 Å². The topological polar surface area (TPSA) is 147 Å². The van der Waals surface area contributed by atoms with Crippen LogP contribution >= 0.6 is 0 Å². The summed E-state index contributed by atoms with van der Waals surface area (Å²) in [4.78, 5) is 36.9. The fourth-order valence-electron chi connectivity index (χ4n) is 5.21. The number of carbonyl (C=O) groups excluding carboxylic acids is 2. The third kappa shape index (κ3) is 4.39. The second kappa shape index (κ2) is 10.1. The number of nitrogens with two attached hydrogens (primary N) is 1. The Morgan fingerprint density at radius 2 is 1.97 bits per heavy atom. The zero-order valence-corrected chi connectivity index (χ0v) is 21.5. The SMILES string of the molecule is CC(=O)c1c(C2CCN(C(=O)C(C)(CO)CO)C2)nc2c(-c3ccc(C4C=CC=CC4)nc3)cnn2c1N. The maximum Gasteiger partial charge on any atom is 0.233 e. The number of Topliss-reactive ketones (excluding diaryl/α,β-unsaturated/α-hetero) is 1. The number of fused-ring (bicyclic) bond motifs is 1. The van der Waals surface area contributed by atoms with Gasteiger partial charge < -0.3 is 20.8 Å². The Labute approximate surface area is 220 Å². The number of ketones is 1. The summed E-state index contributed by atoms with van der Waals surface area (Å²) in [5.74, 6) is -0.357. The normalized spacial score (nSPS) is 19.4. The first-order valence-electron chi connectivity index (χ1n) is 12.8. The molecule has 4 heterocycles. The average molecular weight is 517 g/mol. The van der Waals surface area contributed by atoms with E-state index < -0.39 is 18.6 Å². The van der Waals surface area contributed by atoms with Gasteiger partial charge in [-0.25, -0.2) is 4.98 Å². The number of hydrogen-bond acceptors (Lipinski definition) is 8. The Balaban J connectivity index is 1.51. The molecule has 10 nitrogen and oxygen atoms in total. The molecule has 0 saturated carbocycles. The van der Waals surface area contributed by atoms with Crippen LogP contribution in [0.4, 0.5) is 5.82 Å². The van der Waals surface area contributed by atoms with Crippen molar-refractivity contribution in [3.05, 3.63) is 65.8 Å². The van der Waals surface area contributed by atoms with Crippen LogP contribution in [0.2, 0.25) is 0 Å². The van der Waals surface area contributed by atoms with Gasteiger partial charge in [0, 0.05) is 47.9 Å². The Morgan fingerprint density at radius 3 is 2.61 bits per heavy atom. The minimum absolute atomic E-state index is 0.202. The van der Waals surface area contributed by atoms with Crippen LogP contribution in [0.5, 0.6) is 0 Å². The molecule has 2 aliphatic rings. The highest BCUT2D eigenvalue weighted by Crippen LogP contribution is 2.35. The first-order chi connectivity index (χ1) is 18.3. The van der Waals surface area contributed by atoms with E-state index in [2.05, 4.69) is 22.2 Å². The summed E-state index contributed by atoms with van der Waals surface area (Å²) in [5.41, 5.74) is 9.09. The molecule has 0 aromatic carbocycles. The number of rotatable bonds is 7. The summed E-state index contributed by atoms with van der Waals surface area (Å²) in [6.45, 7) is 2.78. The molecule has 198 valence electrons. The lowest BCUT2D eigenvalue weighted by molar-refractivity contribution is -0.145. The lowest BCUT2D eigenvalue weighted by Crippen LogP contribution is -2.45. The number of nitrogen functional groups attached to an aromatic ring is 1. The fraction of sp³-hybridized carbons (Fsp3) is 0.393. The van der Waals surface area contributed by atoms with Crippen molar-refractivity contribution in [3.8, 4) is 11.1 Å². The molecule has 0 spiro atoms. The summed E-state index contributed by atoms with van der Waals surface area (Å²) in [6, 6.07) is 3.99. The molecule has 10 heteroatoms. The number of carbonyl (C=O) groups is 2. The molecular weight excluding hydrogens is 484 g/mol. The van der Waals surface area contributed by atoms with Gasteiger partial charge in [0.15, 0.2) is 11.4 Å². The molecule has 1 aliphatic carbocycles. The lowest BCUT2D eigenvalue weighted by atomic mass is 9.91. The van der Waals surface area contributed by atoms with Gasteiger partial charge in [0.05, 0.1) is 36.1 Å². The Morgan fingerprint density at radius 1 is 1.18 bits per heavy atom. The van der Waals surface area contributed by atoms with Crippen molar-refractivity contribution in [2.24, 2.45) is 5.41 Å². The predicted octanol–water partition coefficient (Wildman–Crippen LogP) is 2.48. The van der Waals surface area contributed by atoms with Gasteiger partial charge in [-0.05, 0) is 32.8 Å². The second-order valence-electron chi connectivity index (χ2n) is 10.3. The van der Waals surface area contributed by atoms with Crippen LogP contribution < -0.4 is 5.73 Å². The van der Waals surface area contributed by atoms with Crippen LogP contribution in [-0.2, 0) is 4.79 Å². The minimum atomic E-state index is -1.27. The lowest BCUT2D eigenvalue weighted by Gasteiger charge is -2.29. The van der Waals surface area contributed by atoms with Gasteiger partial charge >= 0.3 is 0 Å². The highest BCUT2D eigenvalue weighted by atomic mass is 16.3. The Bertz CT molecular complexity index is 1440. The standard InChI is InChI=1S/C28H32N6O4/c1-17(37)23-24(20-10-11-33(14-20)27(38)28(2,15-35)16-36)32-26-21(13-31-34(26)25(23)29)19-8-9-22(30-12-19)18-6-4-3-5-7-18/h3-6,8-9,12-13,18,20,35-36H,7,10-11,14-16,29H2,1-2H3. The summed E-state index contributed by atoms with van der Waals surface area (Å²) >= 11 is 0. The number of aliphatic hydroxyl groups excluding tert-OH is 2. The van der Waals surface area contributed by atoms with Crippen molar-refractivity contribution >= 4 is 23.2 Å². The summed E-state index contributed by atoms with van der Waals surface area (Å²) in [7, 11) is 0. The molecule has 2 atom stereocenters. The number of amides is 1. The molecule has 5 rings (SSSR count). The van der Waals surface area contributed by atoms with E-state index in [0.29, 0.717) is 36.4 Å². The van der Waals surface area contributed by atoms with Crippen LogP contribution in [-0.4, -0.2) is 72.7 Å². The number of anilines is 1. The van der Waals surface area contributed by atoms with Crippen molar-refractivity contribution < 1.29 is 19.8 Å². The van der Waals surface area contributed by atoms with Crippen LogP contribution in [0, 0.1) is 5.41 Å². The highest BCUT2D eigenvalue weighted by molar-refractivity contribution is 6.00. The molecule has 2 unspecified atom stereocenters. The van der Waals surface area contributed by atoms with Crippen LogP contribution in [0.3, 0.4) is 0 Å². The molecule has 3 aromatic heterocycles. The van der Waals surface area contributed by atoms with E-state index in [1.54, 1.807) is 17.3 Å². The maximum absolute atomic E-state index is 13.0. The maximum atomic E-state index is 13.0. The number of nitrogens with zero attached hydrogens (tertiary/aromatic N) is 5. The summed E-state index contributed by atoms with van der Waals surface area (Å²) < 4.78 is 1.48. The molecule has 1 amide bonds. The molecule has 1 aliphatic heterocycles. The van der Waals surface area contributed by atoms with Crippen LogP contribution in [0.1, 0.15) is 60.3 Å². The number of allylic oxidation sites excluding steroid dienone is 4. The molecule has 38 heavy (non-hydrogen) atoms. The number of likely N-dealkylation sites (tertiary alicyclic amines) is 1. The summed E-state index contributed by atoms with van der Waals surface area (Å²) in [5, 5.41) is 23.8. The van der Waals surface area contributed by atoms with Crippen molar-refractivity contribution in [2.75, 3.05) is 32.0 Å². The van der Waals surface area contributed by atoms with Gasteiger partial charge in [0.25, 0.3) is 0 Å². The number of hydrogen-bond donors (Lipinski definition) is 3. The molecule has 0 bridgehead atoms. The van der Waals surface area contributed by atoms with Gasteiger partial charge in [-0.2, -0.15) is 9.61 Å². The second-order valence-corrected chi connectivity index (χ2v) is 10.3. The van der Waals surface area contributed by atoms with E-state index >= 15 is 0 Å². The van der Waals surface area contributed by atoms with Gasteiger partial charge in [-0.3, -0.25) is 14.6 Å². The molecule has 3 aromatic rings. The molecule has 0 radical (unpaired) electrons. The fourth-order valence-corrected chi connectivity index (χ4v) is 5.21. The molecule has 1 fully saturated rings. The minimum Gasteiger partial charge on any atom is -0.395 e. The van der Waals surface area contributed by atoms with E-state index in [-0.39, 0.29) is 29.3 Å². The van der Waals surface area contributed by atoms with E-state index in [9.17, 15) is 19.8 Å². The quantitative estimate of drug-likeness (QED) is 0.406. The highest BCUT2D eigenvalue weighted by Gasteiger charge is 2.40. The predicted molar refractivity (Wildman–Crippen MR) is 142 cm³/mol. The number of aliphatic hydroxyl groups is 2. The van der Waals surface area contributed by atoms with E-state index in [1.165, 1.54) is 18.4 Å². The largest absolute Gasteiger partial charge is 0.395 e. The number of pyridine rings is 1. The smallest absolute Gasteiger partial charge is 0.233 e.